The van der Waals surface area contributed by atoms with E-state index in [1.165, 1.54) is 68.9 Å². The van der Waals surface area contributed by atoms with E-state index in [4.69, 9.17) is 0 Å². The van der Waals surface area contributed by atoms with Crippen LogP contribution in [0.3, 0.4) is 0 Å². The van der Waals surface area contributed by atoms with Crippen molar-refractivity contribution in [2.45, 2.75) is 78.1 Å². The minimum atomic E-state index is 0.955. The molecule has 0 aromatic heterocycles. The molecule has 0 N–H and O–H groups in total. The first-order valence-electron chi connectivity index (χ1n) is 9.54. The number of hydrogen-bond donors (Lipinski definition) is 0. The van der Waals surface area contributed by atoms with Gasteiger partial charge in [-0.15, -0.1) is 0 Å². The SMILES string of the molecule is CCCc1ccc(CC=CCC2CCC(CCC)CC2)cc1. The van der Waals surface area contributed by atoms with Crippen LogP contribution in [0.25, 0.3) is 0 Å². The monoisotopic (exact) mass is 298 g/mol. The van der Waals surface area contributed by atoms with Crippen molar-refractivity contribution >= 4 is 0 Å². The molecule has 1 fully saturated rings. The van der Waals surface area contributed by atoms with Gasteiger partial charge in [0.2, 0.25) is 0 Å². The maximum absolute atomic E-state index is 2.44. The molecule has 1 aliphatic carbocycles. The third kappa shape index (κ3) is 5.99. The maximum Gasteiger partial charge on any atom is -0.00975 e. The van der Waals surface area contributed by atoms with Crippen LogP contribution >= 0.6 is 0 Å². The van der Waals surface area contributed by atoms with Crippen LogP contribution in [-0.4, -0.2) is 0 Å². The van der Waals surface area contributed by atoms with Gasteiger partial charge in [-0.2, -0.15) is 0 Å². The van der Waals surface area contributed by atoms with Gasteiger partial charge in [-0.1, -0.05) is 82.4 Å². The summed E-state index contributed by atoms with van der Waals surface area (Å²) < 4.78 is 0. The van der Waals surface area contributed by atoms with E-state index in [1.807, 2.05) is 0 Å². The Balaban J connectivity index is 1.66. The Labute approximate surface area is 138 Å². The standard InChI is InChI=1S/C22H34/c1-3-7-19-11-15-21(16-12-19)9-5-6-10-22-17-13-20(8-4-2)14-18-22/h5-6,11-12,15-16,20,22H,3-4,7-10,13-14,17-18H2,1-2H3. The first-order chi connectivity index (χ1) is 10.8. The predicted octanol–water partition coefficient (Wildman–Crippen LogP) is 6.73. The molecule has 0 aliphatic heterocycles. The molecule has 0 spiro atoms. The highest BCUT2D eigenvalue weighted by Crippen LogP contribution is 2.33. The van der Waals surface area contributed by atoms with Crippen molar-refractivity contribution in [2.75, 3.05) is 0 Å². The highest BCUT2D eigenvalue weighted by atomic mass is 14.2. The predicted molar refractivity (Wildman–Crippen MR) is 98.3 cm³/mol. The summed E-state index contributed by atoms with van der Waals surface area (Å²) in [7, 11) is 0. The summed E-state index contributed by atoms with van der Waals surface area (Å²) in [5, 5.41) is 0. The summed E-state index contributed by atoms with van der Waals surface area (Å²) in [6.45, 7) is 4.57. The van der Waals surface area contributed by atoms with E-state index >= 15 is 0 Å². The van der Waals surface area contributed by atoms with Gasteiger partial charge in [0.1, 0.15) is 0 Å². The molecular formula is C22H34. The molecule has 122 valence electrons. The van der Waals surface area contributed by atoms with Gasteiger partial charge in [0.15, 0.2) is 0 Å². The lowest BCUT2D eigenvalue weighted by Gasteiger charge is -2.27. The van der Waals surface area contributed by atoms with E-state index in [-0.39, 0.29) is 0 Å². The average Bonchev–Trinajstić information content (AvgIpc) is 2.55. The van der Waals surface area contributed by atoms with Crippen molar-refractivity contribution in [1.82, 2.24) is 0 Å². The first-order valence-corrected chi connectivity index (χ1v) is 9.54. The zero-order valence-electron chi connectivity index (χ0n) is 14.7. The fourth-order valence-corrected chi connectivity index (χ4v) is 3.80. The van der Waals surface area contributed by atoms with E-state index < -0.39 is 0 Å². The van der Waals surface area contributed by atoms with Gasteiger partial charge >= 0.3 is 0 Å². The summed E-state index contributed by atoms with van der Waals surface area (Å²) in [5.41, 5.74) is 2.92. The molecule has 1 saturated carbocycles. The van der Waals surface area contributed by atoms with E-state index in [0.29, 0.717) is 0 Å². The molecule has 0 radical (unpaired) electrons. The normalized spacial score (nSPS) is 22.3. The molecule has 1 aromatic carbocycles. The van der Waals surface area contributed by atoms with Crippen LogP contribution in [0.1, 0.15) is 76.3 Å². The van der Waals surface area contributed by atoms with Crippen LogP contribution in [0, 0.1) is 11.8 Å². The molecular weight excluding hydrogens is 264 g/mol. The highest BCUT2D eigenvalue weighted by molar-refractivity contribution is 5.24. The van der Waals surface area contributed by atoms with E-state index in [9.17, 15) is 0 Å². The second kappa shape index (κ2) is 9.87. The molecule has 0 heteroatoms. The van der Waals surface area contributed by atoms with E-state index in [1.54, 1.807) is 0 Å². The van der Waals surface area contributed by atoms with Gasteiger partial charge in [0.05, 0.1) is 0 Å². The van der Waals surface area contributed by atoms with Gasteiger partial charge in [0, 0.05) is 0 Å². The van der Waals surface area contributed by atoms with Gasteiger partial charge < -0.3 is 0 Å². The van der Waals surface area contributed by atoms with E-state index in [2.05, 4.69) is 50.3 Å². The molecule has 22 heavy (non-hydrogen) atoms. The summed E-state index contributed by atoms with van der Waals surface area (Å²) in [4.78, 5) is 0. The molecule has 1 aliphatic rings. The Morgan fingerprint density at radius 1 is 0.818 bits per heavy atom. The van der Waals surface area contributed by atoms with Crippen molar-refractivity contribution in [3.05, 3.63) is 47.5 Å². The van der Waals surface area contributed by atoms with Crippen LogP contribution in [-0.2, 0) is 12.8 Å². The Bertz CT molecular complexity index is 418. The molecule has 0 atom stereocenters. The summed E-state index contributed by atoms with van der Waals surface area (Å²) in [5.74, 6) is 1.99. The quantitative estimate of drug-likeness (QED) is 0.466. The van der Waals surface area contributed by atoms with Gasteiger partial charge in [-0.25, -0.2) is 0 Å². The Morgan fingerprint density at radius 3 is 2.09 bits per heavy atom. The number of aryl methyl sites for hydroxylation is 1. The van der Waals surface area contributed by atoms with Crippen molar-refractivity contribution in [1.29, 1.82) is 0 Å². The van der Waals surface area contributed by atoms with Gasteiger partial charge in [-0.3, -0.25) is 0 Å². The van der Waals surface area contributed by atoms with Crippen LogP contribution in [0.2, 0.25) is 0 Å². The topological polar surface area (TPSA) is 0 Å². The maximum atomic E-state index is 2.44. The number of benzene rings is 1. The van der Waals surface area contributed by atoms with Crippen LogP contribution in [0.15, 0.2) is 36.4 Å². The Morgan fingerprint density at radius 2 is 1.45 bits per heavy atom. The third-order valence-corrected chi connectivity index (χ3v) is 5.21. The first kappa shape index (κ1) is 17.3. The van der Waals surface area contributed by atoms with Crippen LogP contribution in [0.4, 0.5) is 0 Å². The number of hydrogen-bond acceptors (Lipinski definition) is 0. The highest BCUT2D eigenvalue weighted by Gasteiger charge is 2.19. The van der Waals surface area contributed by atoms with Crippen molar-refractivity contribution < 1.29 is 0 Å². The lowest BCUT2D eigenvalue weighted by molar-refractivity contribution is 0.263. The van der Waals surface area contributed by atoms with Crippen LogP contribution < -0.4 is 0 Å². The zero-order chi connectivity index (χ0) is 15.6. The molecule has 0 bridgehead atoms. The van der Waals surface area contributed by atoms with Gasteiger partial charge in [-0.05, 0) is 55.1 Å². The van der Waals surface area contributed by atoms with Crippen molar-refractivity contribution in [3.8, 4) is 0 Å². The minimum absolute atomic E-state index is 0.955. The Hall–Kier alpha value is -1.04. The Kier molecular flexibility index (Phi) is 7.77. The fourth-order valence-electron chi connectivity index (χ4n) is 3.80. The smallest absolute Gasteiger partial charge is 0.00975 e. The van der Waals surface area contributed by atoms with Crippen LogP contribution in [0.5, 0.6) is 0 Å². The summed E-state index contributed by atoms with van der Waals surface area (Å²) in [6.07, 6.45) is 18.3. The minimum Gasteiger partial charge on any atom is -0.0879 e. The number of rotatable bonds is 8. The molecule has 0 heterocycles. The summed E-state index contributed by atoms with van der Waals surface area (Å²) >= 11 is 0. The van der Waals surface area contributed by atoms with Crippen molar-refractivity contribution in [3.63, 3.8) is 0 Å². The second-order valence-corrected chi connectivity index (χ2v) is 7.15. The molecule has 0 amide bonds. The fraction of sp³-hybridized carbons (Fsp3) is 0.636. The molecule has 0 saturated heterocycles. The molecule has 0 unspecified atom stereocenters. The largest absolute Gasteiger partial charge is 0.0879 e. The zero-order valence-corrected chi connectivity index (χ0v) is 14.7. The average molecular weight is 299 g/mol. The number of allylic oxidation sites excluding steroid dienone is 2. The summed E-state index contributed by atoms with van der Waals surface area (Å²) in [6, 6.07) is 9.18. The third-order valence-electron chi connectivity index (χ3n) is 5.21. The van der Waals surface area contributed by atoms with Crippen molar-refractivity contribution in [2.24, 2.45) is 11.8 Å². The van der Waals surface area contributed by atoms with Gasteiger partial charge in [0.25, 0.3) is 0 Å². The molecule has 2 rings (SSSR count). The lowest BCUT2D eigenvalue weighted by atomic mass is 9.79. The molecule has 0 nitrogen and oxygen atoms in total. The second-order valence-electron chi connectivity index (χ2n) is 7.15. The van der Waals surface area contributed by atoms with E-state index in [0.717, 1.165) is 18.3 Å². The lowest BCUT2D eigenvalue weighted by Crippen LogP contribution is -2.13. The molecule has 1 aromatic rings.